The van der Waals surface area contributed by atoms with Crippen LogP contribution in [-0.2, 0) is 30.7 Å². The maximum atomic E-state index is 13.2. The Bertz CT molecular complexity index is 1150. The van der Waals surface area contributed by atoms with E-state index in [1.54, 1.807) is 6.26 Å². The minimum Gasteiger partial charge on any atom is -0.468 e. The molecule has 0 bridgehead atoms. The average molecular weight is 494 g/mol. The number of aryl methyl sites for hydroxylation is 1. The molecule has 1 fully saturated rings. The van der Waals surface area contributed by atoms with Crippen molar-refractivity contribution in [3.8, 4) is 0 Å². The molecule has 0 atom stereocenters. The first-order valence-corrected chi connectivity index (χ1v) is 12.6. The van der Waals surface area contributed by atoms with Crippen molar-refractivity contribution >= 4 is 29.1 Å². The maximum absolute atomic E-state index is 13.2. The first-order chi connectivity index (χ1) is 17.0. The van der Waals surface area contributed by atoms with E-state index in [1.165, 1.54) is 0 Å². The number of benzene rings is 2. The summed E-state index contributed by atoms with van der Waals surface area (Å²) in [4.78, 5) is 27.5. The smallest absolute Gasteiger partial charge is 0.251 e. The Labute approximate surface area is 211 Å². The van der Waals surface area contributed by atoms with Crippen molar-refractivity contribution in [2.75, 3.05) is 11.9 Å². The monoisotopic (exact) mass is 493 g/mol. The lowest BCUT2D eigenvalue weighted by Crippen LogP contribution is -2.33. The SMILES string of the molecule is CCc1ccc(Cl)c(CC)c1NC(=O)CN(Cc1ccc(C(=O)NC2CC2)cc1)Cc1ccco1. The van der Waals surface area contributed by atoms with Gasteiger partial charge in [-0.05, 0) is 72.7 Å². The van der Waals surface area contributed by atoms with Crippen LogP contribution in [0, 0.1) is 0 Å². The Morgan fingerprint density at radius 3 is 2.43 bits per heavy atom. The van der Waals surface area contributed by atoms with E-state index >= 15 is 0 Å². The molecule has 6 nitrogen and oxygen atoms in total. The van der Waals surface area contributed by atoms with Crippen LogP contribution in [0.3, 0.4) is 0 Å². The van der Waals surface area contributed by atoms with Crippen molar-refractivity contribution in [3.63, 3.8) is 0 Å². The van der Waals surface area contributed by atoms with Gasteiger partial charge in [-0.3, -0.25) is 14.5 Å². The summed E-state index contributed by atoms with van der Waals surface area (Å²) in [5, 5.41) is 6.79. The number of rotatable bonds is 11. The molecule has 7 heteroatoms. The van der Waals surface area contributed by atoms with Gasteiger partial charge in [0.2, 0.25) is 5.91 Å². The summed E-state index contributed by atoms with van der Waals surface area (Å²) < 4.78 is 5.54. The van der Waals surface area contributed by atoms with Gasteiger partial charge in [-0.2, -0.15) is 0 Å². The van der Waals surface area contributed by atoms with E-state index < -0.39 is 0 Å². The van der Waals surface area contributed by atoms with Gasteiger partial charge in [0, 0.05) is 28.9 Å². The zero-order valence-corrected chi connectivity index (χ0v) is 21.0. The summed E-state index contributed by atoms with van der Waals surface area (Å²) in [5.41, 5.74) is 4.50. The highest BCUT2D eigenvalue weighted by atomic mass is 35.5. The van der Waals surface area contributed by atoms with E-state index in [-0.39, 0.29) is 18.4 Å². The number of amides is 2. The number of nitrogens with one attached hydrogen (secondary N) is 2. The zero-order valence-electron chi connectivity index (χ0n) is 20.3. The van der Waals surface area contributed by atoms with E-state index in [9.17, 15) is 9.59 Å². The van der Waals surface area contributed by atoms with Gasteiger partial charge in [0.15, 0.2) is 0 Å². The lowest BCUT2D eigenvalue weighted by molar-refractivity contribution is -0.117. The first-order valence-electron chi connectivity index (χ1n) is 12.2. The third-order valence-electron chi connectivity index (χ3n) is 6.20. The molecule has 0 radical (unpaired) electrons. The molecule has 1 aromatic heterocycles. The number of hydrogen-bond donors (Lipinski definition) is 2. The van der Waals surface area contributed by atoms with Crippen LogP contribution in [-0.4, -0.2) is 29.3 Å². The Balaban J connectivity index is 1.47. The Morgan fingerprint density at radius 2 is 1.80 bits per heavy atom. The second-order valence-corrected chi connectivity index (χ2v) is 9.39. The number of halogens is 1. The third-order valence-corrected chi connectivity index (χ3v) is 6.56. The molecule has 4 rings (SSSR count). The van der Waals surface area contributed by atoms with E-state index in [0.717, 1.165) is 53.8 Å². The van der Waals surface area contributed by atoms with Crippen LogP contribution in [0.15, 0.2) is 59.2 Å². The van der Waals surface area contributed by atoms with E-state index in [0.29, 0.717) is 29.7 Å². The Morgan fingerprint density at radius 1 is 1.03 bits per heavy atom. The average Bonchev–Trinajstić information content (AvgIpc) is 3.51. The number of anilines is 1. The fraction of sp³-hybridized carbons (Fsp3) is 0.357. The predicted octanol–water partition coefficient (Wildman–Crippen LogP) is 5.59. The first kappa shape index (κ1) is 25.0. The molecule has 3 aromatic rings. The Hall–Kier alpha value is -3.09. The molecule has 1 aliphatic rings. The standard InChI is InChI=1S/C28H32ClN3O3/c1-3-20-11-14-25(29)24(4-2)27(20)31-26(33)18-32(17-23-6-5-15-35-23)16-19-7-9-21(10-8-19)28(34)30-22-12-13-22/h5-11,14-15,22H,3-4,12-13,16-18H2,1-2H3,(H,30,34)(H,31,33). The summed E-state index contributed by atoms with van der Waals surface area (Å²) in [6.45, 7) is 5.31. The summed E-state index contributed by atoms with van der Waals surface area (Å²) >= 11 is 6.41. The predicted molar refractivity (Wildman–Crippen MR) is 139 cm³/mol. The molecule has 184 valence electrons. The number of furan rings is 1. The summed E-state index contributed by atoms with van der Waals surface area (Å²) in [7, 11) is 0. The van der Waals surface area contributed by atoms with E-state index in [2.05, 4.69) is 17.6 Å². The second kappa shape index (κ2) is 11.6. The van der Waals surface area contributed by atoms with Crippen molar-refractivity contribution < 1.29 is 14.0 Å². The minimum atomic E-state index is -0.108. The van der Waals surface area contributed by atoms with Crippen molar-refractivity contribution in [2.24, 2.45) is 0 Å². The van der Waals surface area contributed by atoms with Crippen molar-refractivity contribution in [1.29, 1.82) is 0 Å². The van der Waals surface area contributed by atoms with Crippen LogP contribution < -0.4 is 10.6 Å². The molecule has 35 heavy (non-hydrogen) atoms. The lowest BCUT2D eigenvalue weighted by Gasteiger charge is -2.22. The fourth-order valence-electron chi connectivity index (χ4n) is 4.16. The summed E-state index contributed by atoms with van der Waals surface area (Å²) in [5.74, 6) is 0.638. The fourth-order valence-corrected chi connectivity index (χ4v) is 4.45. The third kappa shape index (κ3) is 6.74. The largest absolute Gasteiger partial charge is 0.468 e. The van der Waals surface area contributed by atoms with Crippen LogP contribution in [0.2, 0.25) is 5.02 Å². The maximum Gasteiger partial charge on any atom is 0.251 e. The highest BCUT2D eigenvalue weighted by molar-refractivity contribution is 6.32. The van der Waals surface area contributed by atoms with Crippen LogP contribution in [0.25, 0.3) is 0 Å². The van der Waals surface area contributed by atoms with Crippen molar-refractivity contribution in [2.45, 2.75) is 58.7 Å². The van der Waals surface area contributed by atoms with Gasteiger partial charge in [0.25, 0.3) is 5.91 Å². The normalized spacial score (nSPS) is 13.1. The van der Waals surface area contributed by atoms with Gasteiger partial charge in [-0.15, -0.1) is 0 Å². The van der Waals surface area contributed by atoms with Crippen LogP contribution in [0.5, 0.6) is 0 Å². The molecule has 0 unspecified atom stereocenters. The zero-order chi connectivity index (χ0) is 24.8. The van der Waals surface area contributed by atoms with E-state index in [4.69, 9.17) is 16.0 Å². The topological polar surface area (TPSA) is 74.6 Å². The van der Waals surface area contributed by atoms with Gasteiger partial charge in [-0.1, -0.05) is 43.6 Å². The number of nitrogens with zero attached hydrogens (tertiary/aromatic N) is 1. The summed E-state index contributed by atoms with van der Waals surface area (Å²) in [6.07, 6.45) is 5.29. The molecule has 2 amide bonds. The molecular formula is C28H32ClN3O3. The minimum absolute atomic E-state index is 0.0363. The second-order valence-electron chi connectivity index (χ2n) is 8.98. The van der Waals surface area contributed by atoms with Crippen LogP contribution >= 0.6 is 11.6 Å². The molecule has 1 aliphatic carbocycles. The van der Waals surface area contributed by atoms with E-state index in [1.807, 2.05) is 60.4 Å². The molecule has 2 N–H and O–H groups in total. The van der Waals surface area contributed by atoms with Gasteiger partial charge < -0.3 is 15.1 Å². The van der Waals surface area contributed by atoms with Gasteiger partial charge >= 0.3 is 0 Å². The molecule has 2 aromatic carbocycles. The number of carbonyl (C=O) groups excluding carboxylic acids is 2. The summed E-state index contributed by atoms with van der Waals surface area (Å²) in [6, 6.07) is 15.5. The molecule has 0 aliphatic heterocycles. The molecule has 1 heterocycles. The van der Waals surface area contributed by atoms with Crippen LogP contribution in [0.1, 0.15) is 59.5 Å². The number of hydrogen-bond acceptors (Lipinski definition) is 4. The van der Waals surface area contributed by atoms with Gasteiger partial charge in [-0.25, -0.2) is 0 Å². The quantitative estimate of drug-likeness (QED) is 0.365. The van der Waals surface area contributed by atoms with Crippen molar-refractivity contribution in [1.82, 2.24) is 10.2 Å². The van der Waals surface area contributed by atoms with Crippen LogP contribution in [0.4, 0.5) is 5.69 Å². The van der Waals surface area contributed by atoms with Crippen molar-refractivity contribution in [3.05, 3.63) is 87.8 Å². The molecule has 1 saturated carbocycles. The van der Waals surface area contributed by atoms with Gasteiger partial charge in [0.1, 0.15) is 5.76 Å². The molecular weight excluding hydrogens is 462 g/mol. The molecule has 0 spiro atoms. The highest BCUT2D eigenvalue weighted by Crippen LogP contribution is 2.29. The highest BCUT2D eigenvalue weighted by Gasteiger charge is 2.24. The van der Waals surface area contributed by atoms with Gasteiger partial charge in [0.05, 0.1) is 19.4 Å². The molecule has 0 saturated heterocycles. The Kier molecular flexibility index (Phi) is 8.26. The lowest BCUT2D eigenvalue weighted by atomic mass is 10.0. The number of carbonyl (C=O) groups is 2.